The number of halogens is 2. The summed E-state index contributed by atoms with van der Waals surface area (Å²) < 4.78 is 20.2. The van der Waals surface area contributed by atoms with Crippen LogP contribution in [0.15, 0.2) is 36.5 Å². The van der Waals surface area contributed by atoms with E-state index in [1.165, 1.54) is 22.8 Å². The van der Waals surface area contributed by atoms with Gasteiger partial charge in [0.05, 0.1) is 12.2 Å². The molecule has 9 nitrogen and oxygen atoms in total. The second kappa shape index (κ2) is 9.84. The van der Waals surface area contributed by atoms with Gasteiger partial charge >= 0.3 is 6.09 Å². The van der Waals surface area contributed by atoms with Crippen molar-refractivity contribution in [2.45, 2.75) is 13.2 Å². The highest BCUT2D eigenvalue weighted by molar-refractivity contribution is 6.27. The van der Waals surface area contributed by atoms with Crippen LogP contribution in [0, 0.1) is 5.82 Å². The molecule has 1 aromatic heterocycles. The second-order valence-corrected chi connectivity index (χ2v) is 8.42. The van der Waals surface area contributed by atoms with Gasteiger partial charge in [-0.2, -0.15) is 0 Å². The standard InChI is InChI=1S/C23H25ClFN5O4/c1-15(31)27(2)22-14-30(23(33)34-22)17-4-5-18(19(25)11-17)16-3-6-20(26-13-16)28-7-9-29(10-8-28)21(32)12-24/h3-6,11,13,22H,7-10,12,14H2,1-2H3/t22-/m0/s1. The lowest BCUT2D eigenvalue weighted by molar-refractivity contribution is -0.134. The first-order valence-corrected chi connectivity index (χ1v) is 11.4. The number of carbonyl (C=O) groups is 3. The normalized spacial score (nSPS) is 18.2. The Morgan fingerprint density at radius 2 is 1.94 bits per heavy atom. The zero-order chi connectivity index (χ0) is 24.4. The van der Waals surface area contributed by atoms with E-state index in [9.17, 15) is 18.8 Å². The molecule has 2 saturated heterocycles. The number of pyridine rings is 1. The van der Waals surface area contributed by atoms with Gasteiger partial charge in [-0.3, -0.25) is 14.5 Å². The maximum Gasteiger partial charge on any atom is 0.416 e. The fourth-order valence-corrected chi connectivity index (χ4v) is 4.14. The van der Waals surface area contributed by atoms with Gasteiger partial charge in [-0.15, -0.1) is 11.6 Å². The van der Waals surface area contributed by atoms with Crippen LogP contribution in [-0.4, -0.2) is 84.6 Å². The van der Waals surface area contributed by atoms with Gasteiger partial charge in [0.2, 0.25) is 11.8 Å². The van der Waals surface area contributed by atoms with Crippen LogP contribution in [0.1, 0.15) is 6.92 Å². The summed E-state index contributed by atoms with van der Waals surface area (Å²) in [7, 11) is 1.55. The highest BCUT2D eigenvalue weighted by atomic mass is 35.5. The Hall–Kier alpha value is -3.40. The van der Waals surface area contributed by atoms with Gasteiger partial charge in [0, 0.05) is 57.5 Å². The predicted molar refractivity (Wildman–Crippen MR) is 125 cm³/mol. The minimum Gasteiger partial charge on any atom is -0.423 e. The fraction of sp³-hybridized carbons (Fsp3) is 0.391. The van der Waals surface area contributed by atoms with Gasteiger partial charge < -0.3 is 19.4 Å². The summed E-state index contributed by atoms with van der Waals surface area (Å²) in [6, 6.07) is 8.11. The van der Waals surface area contributed by atoms with Gasteiger partial charge in [0.15, 0.2) is 6.23 Å². The number of hydrogen-bond acceptors (Lipinski definition) is 6. The molecule has 1 aromatic carbocycles. The SMILES string of the molecule is CC(=O)N(C)[C@@H]1CN(c2ccc(-c3ccc(N4CCN(C(=O)CCl)CC4)nc3)c(F)c2)C(=O)O1. The van der Waals surface area contributed by atoms with Gasteiger partial charge in [0.1, 0.15) is 17.5 Å². The Kier molecular flexibility index (Phi) is 6.87. The molecule has 3 heterocycles. The Labute approximate surface area is 201 Å². The molecule has 2 aliphatic heterocycles. The first-order valence-electron chi connectivity index (χ1n) is 10.8. The smallest absolute Gasteiger partial charge is 0.416 e. The van der Waals surface area contributed by atoms with E-state index in [0.717, 1.165) is 5.82 Å². The van der Waals surface area contributed by atoms with Crippen LogP contribution in [-0.2, 0) is 14.3 Å². The van der Waals surface area contributed by atoms with Crippen LogP contribution in [0.2, 0.25) is 0 Å². The number of piperazine rings is 1. The van der Waals surface area contributed by atoms with Crippen molar-refractivity contribution in [2.24, 2.45) is 0 Å². The molecule has 4 rings (SSSR count). The molecule has 0 bridgehead atoms. The molecule has 34 heavy (non-hydrogen) atoms. The van der Waals surface area contributed by atoms with Crippen molar-refractivity contribution in [3.05, 3.63) is 42.3 Å². The molecule has 11 heteroatoms. The molecule has 2 aromatic rings. The molecule has 0 N–H and O–H groups in total. The summed E-state index contributed by atoms with van der Waals surface area (Å²) in [6.45, 7) is 3.94. The highest BCUT2D eigenvalue weighted by Crippen LogP contribution is 2.30. The zero-order valence-corrected chi connectivity index (χ0v) is 19.7. The number of likely N-dealkylation sites (N-methyl/N-ethyl adjacent to an activating group) is 1. The predicted octanol–water partition coefficient (Wildman–Crippen LogP) is 2.54. The number of nitrogens with zero attached hydrogens (tertiary/aromatic N) is 5. The summed E-state index contributed by atoms with van der Waals surface area (Å²) in [6.07, 6.45) is 0.245. The number of cyclic esters (lactones) is 1. The number of aromatic nitrogens is 1. The van der Waals surface area contributed by atoms with Gasteiger partial charge in [-0.05, 0) is 30.3 Å². The molecule has 2 aliphatic rings. The van der Waals surface area contributed by atoms with Gasteiger partial charge in [-0.25, -0.2) is 14.2 Å². The number of rotatable bonds is 5. The van der Waals surface area contributed by atoms with Crippen molar-refractivity contribution in [1.29, 1.82) is 0 Å². The monoisotopic (exact) mass is 489 g/mol. The third-order valence-electron chi connectivity index (χ3n) is 6.12. The average molecular weight is 490 g/mol. The molecule has 0 radical (unpaired) electrons. The largest absolute Gasteiger partial charge is 0.423 e. The van der Waals surface area contributed by atoms with E-state index in [0.29, 0.717) is 43.0 Å². The Balaban J connectivity index is 1.44. The number of alkyl halides is 1. The van der Waals surface area contributed by atoms with Crippen LogP contribution in [0.5, 0.6) is 0 Å². The zero-order valence-electron chi connectivity index (χ0n) is 18.9. The number of carbonyl (C=O) groups excluding carboxylic acids is 3. The summed E-state index contributed by atoms with van der Waals surface area (Å²) in [4.78, 5) is 46.4. The van der Waals surface area contributed by atoms with Crippen molar-refractivity contribution >= 4 is 41.0 Å². The highest BCUT2D eigenvalue weighted by Gasteiger charge is 2.36. The quantitative estimate of drug-likeness (QED) is 0.600. The molecule has 0 unspecified atom stereocenters. The molecule has 180 valence electrons. The maximum atomic E-state index is 15.0. The molecule has 0 spiro atoms. The van der Waals surface area contributed by atoms with Crippen LogP contribution in [0.25, 0.3) is 11.1 Å². The lowest BCUT2D eigenvalue weighted by Gasteiger charge is -2.35. The van der Waals surface area contributed by atoms with Crippen LogP contribution in [0.4, 0.5) is 20.7 Å². The molecule has 0 saturated carbocycles. The van der Waals surface area contributed by atoms with E-state index in [1.807, 2.05) is 6.07 Å². The van der Waals surface area contributed by atoms with Gasteiger partial charge in [-0.1, -0.05) is 0 Å². The van der Waals surface area contributed by atoms with Crippen LogP contribution < -0.4 is 9.80 Å². The maximum absolute atomic E-state index is 15.0. The number of ether oxygens (including phenoxy) is 1. The molecule has 1 atom stereocenters. The van der Waals surface area contributed by atoms with E-state index in [4.69, 9.17) is 16.3 Å². The molecule has 3 amide bonds. The number of benzene rings is 1. The van der Waals surface area contributed by atoms with E-state index in [2.05, 4.69) is 9.88 Å². The van der Waals surface area contributed by atoms with Crippen molar-refractivity contribution in [2.75, 3.05) is 55.5 Å². The van der Waals surface area contributed by atoms with E-state index >= 15 is 0 Å². The van der Waals surface area contributed by atoms with Crippen molar-refractivity contribution in [3.63, 3.8) is 0 Å². The molecular formula is C23H25ClFN5O4. The minimum absolute atomic E-state index is 0.0215. The van der Waals surface area contributed by atoms with E-state index < -0.39 is 18.1 Å². The Bertz CT molecular complexity index is 1090. The summed E-state index contributed by atoms with van der Waals surface area (Å²) in [5, 5.41) is 0. The fourth-order valence-electron chi connectivity index (χ4n) is 3.97. The summed E-state index contributed by atoms with van der Waals surface area (Å²) in [5.41, 5.74) is 1.30. The van der Waals surface area contributed by atoms with E-state index in [1.54, 1.807) is 36.3 Å². The summed E-state index contributed by atoms with van der Waals surface area (Å²) >= 11 is 5.62. The Morgan fingerprint density at radius 3 is 2.53 bits per heavy atom. The van der Waals surface area contributed by atoms with Crippen molar-refractivity contribution < 1.29 is 23.5 Å². The first kappa shape index (κ1) is 23.7. The molecule has 2 fully saturated rings. The lowest BCUT2D eigenvalue weighted by Crippen LogP contribution is -2.49. The number of anilines is 2. The topological polar surface area (TPSA) is 86.3 Å². The third kappa shape index (κ3) is 4.77. The third-order valence-corrected chi connectivity index (χ3v) is 6.35. The van der Waals surface area contributed by atoms with Crippen LogP contribution >= 0.6 is 11.6 Å². The second-order valence-electron chi connectivity index (χ2n) is 8.15. The van der Waals surface area contributed by atoms with Crippen molar-refractivity contribution in [1.82, 2.24) is 14.8 Å². The minimum atomic E-state index is -0.723. The first-order chi connectivity index (χ1) is 16.3. The van der Waals surface area contributed by atoms with E-state index in [-0.39, 0.29) is 24.2 Å². The molecule has 0 aliphatic carbocycles. The van der Waals surface area contributed by atoms with Gasteiger partial charge in [0.25, 0.3) is 0 Å². The average Bonchev–Trinajstić information content (AvgIpc) is 3.24. The Morgan fingerprint density at radius 1 is 1.21 bits per heavy atom. The molecular weight excluding hydrogens is 465 g/mol. The number of amides is 3. The summed E-state index contributed by atoms with van der Waals surface area (Å²) in [5.74, 6) is -0.0859. The number of hydrogen-bond donors (Lipinski definition) is 0. The van der Waals surface area contributed by atoms with Crippen molar-refractivity contribution in [3.8, 4) is 11.1 Å². The van der Waals surface area contributed by atoms with Crippen LogP contribution in [0.3, 0.4) is 0 Å². The lowest BCUT2D eigenvalue weighted by atomic mass is 10.1.